The summed E-state index contributed by atoms with van der Waals surface area (Å²) in [5.41, 5.74) is 2.09. The fraction of sp³-hybridized carbons (Fsp3) is 0.619. The van der Waals surface area contributed by atoms with Crippen LogP contribution >= 0.6 is 0 Å². The second-order valence-corrected chi connectivity index (χ2v) is 7.68. The van der Waals surface area contributed by atoms with Crippen LogP contribution in [0.5, 0.6) is 0 Å². The van der Waals surface area contributed by atoms with Crippen LogP contribution in [0.3, 0.4) is 0 Å². The van der Waals surface area contributed by atoms with E-state index < -0.39 is 0 Å². The molecule has 3 heterocycles. The normalized spacial score (nSPS) is 22.2. The number of ether oxygens (including phenoxy) is 1. The Morgan fingerprint density at radius 1 is 1.26 bits per heavy atom. The summed E-state index contributed by atoms with van der Waals surface area (Å²) in [6, 6.07) is 8.82. The van der Waals surface area contributed by atoms with Crippen LogP contribution in [0.1, 0.15) is 38.3 Å². The minimum atomic E-state index is 0.0844. The van der Waals surface area contributed by atoms with Crippen molar-refractivity contribution < 1.29 is 9.53 Å². The van der Waals surface area contributed by atoms with Crippen LogP contribution in [0.25, 0.3) is 10.9 Å². The van der Waals surface area contributed by atoms with Crippen molar-refractivity contribution in [2.24, 2.45) is 5.92 Å². The molecular formula is C21H30N4O2. The van der Waals surface area contributed by atoms with E-state index in [-0.39, 0.29) is 11.8 Å². The average Bonchev–Trinajstić information content (AvgIpc) is 3.11. The molecule has 27 heavy (non-hydrogen) atoms. The van der Waals surface area contributed by atoms with Gasteiger partial charge in [0.05, 0.1) is 23.7 Å². The molecule has 0 saturated carbocycles. The first-order chi connectivity index (χ1) is 13.3. The van der Waals surface area contributed by atoms with E-state index in [1.165, 1.54) is 0 Å². The zero-order valence-electron chi connectivity index (χ0n) is 16.2. The van der Waals surface area contributed by atoms with Gasteiger partial charge >= 0.3 is 0 Å². The second kappa shape index (κ2) is 8.40. The van der Waals surface area contributed by atoms with Gasteiger partial charge in [-0.05, 0) is 45.2 Å². The first kappa shape index (κ1) is 18.4. The number of hydrogen-bond donors (Lipinski definition) is 1. The SMILES string of the molecule is CCn1nc(CNC(=O)C2CCCN(C3CCOCC3)C2)c2ccccc21. The summed E-state index contributed by atoms with van der Waals surface area (Å²) in [4.78, 5) is 15.3. The highest BCUT2D eigenvalue weighted by Crippen LogP contribution is 2.24. The van der Waals surface area contributed by atoms with Gasteiger partial charge in [0.1, 0.15) is 0 Å². The zero-order chi connectivity index (χ0) is 18.6. The van der Waals surface area contributed by atoms with Crippen LogP contribution in [0, 0.1) is 5.92 Å². The summed E-state index contributed by atoms with van der Waals surface area (Å²) in [6.45, 7) is 7.11. The summed E-state index contributed by atoms with van der Waals surface area (Å²) in [7, 11) is 0. The molecule has 1 aromatic heterocycles. The van der Waals surface area contributed by atoms with Crippen LogP contribution in [-0.4, -0.2) is 52.9 Å². The Labute approximate surface area is 160 Å². The average molecular weight is 370 g/mol. The standard InChI is InChI=1S/C21H30N4O2/c1-2-25-20-8-4-3-7-18(20)19(23-25)14-22-21(26)16-6-5-11-24(15-16)17-9-12-27-13-10-17/h3-4,7-8,16-17H,2,5-6,9-15H2,1H3,(H,22,26). The molecule has 0 bridgehead atoms. The molecule has 4 rings (SSSR count). The van der Waals surface area contributed by atoms with Gasteiger partial charge in [-0.3, -0.25) is 14.4 Å². The van der Waals surface area contributed by atoms with E-state index in [2.05, 4.69) is 29.3 Å². The summed E-state index contributed by atoms with van der Waals surface area (Å²) in [6.07, 6.45) is 4.27. The summed E-state index contributed by atoms with van der Waals surface area (Å²) < 4.78 is 7.49. The van der Waals surface area contributed by atoms with E-state index in [0.29, 0.717) is 12.6 Å². The van der Waals surface area contributed by atoms with E-state index in [4.69, 9.17) is 9.84 Å². The lowest BCUT2D eigenvalue weighted by Crippen LogP contribution is -2.48. The van der Waals surface area contributed by atoms with Crippen molar-refractivity contribution in [2.75, 3.05) is 26.3 Å². The molecule has 6 heteroatoms. The van der Waals surface area contributed by atoms with E-state index in [0.717, 1.165) is 75.1 Å². The number of likely N-dealkylation sites (tertiary alicyclic amines) is 1. The molecule has 1 unspecified atom stereocenters. The molecule has 0 spiro atoms. The Kier molecular flexibility index (Phi) is 5.74. The number of hydrogen-bond acceptors (Lipinski definition) is 4. The zero-order valence-corrected chi connectivity index (χ0v) is 16.2. The second-order valence-electron chi connectivity index (χ2n) is 7.68. The highest BCUT2D eigenvalue weighted by Gasteiger charge is 2.30. The molecule has 1 amide bonds. The topological polar surface area (TPSA) is 59.4 Å². The first-order valence-electron chi connectivity index (χ1n) is 10.3. The number of para-hydroxylation sites is 1. The quantitative estimate of drug-likeness (QED) is 0.879. The summed E-state index contributed by atoms with van der Waals surface area (Å²) in [5, 5.41) is 8.98. The van der Waals surface area contributed by atoms with Crippen LogP contribution in [0.2, 0.25) is 0 Å². The molecule has 2 aliphatic rings. The summed E-state index contributed by atoms with van der Waals surface area (Å²) >= 11 is 0. The molecule has 1 aromatic carbocycles. The minimum Gasteiger partial charge on any atom is -0.381 e. The molecule has 2 saturated heterocycles. The number of rotatable bonds is 5. The maximum atomic E-state index is 12.8. The van der Waals surface area contributed by atoms with E-state index in [9.17, 15) is 4.79 Å². The van der Waals surface area contributed by atoms with Gasteiger partial charge in [-0.15, -0.1) is 0 Å². The Bertz CT molecular complexity index is 782. The highest BCUT2D eigenvalue weighted by atomic mass is 16.5. The molecule has 0 radical (unpaired) electrons. The molecule has 2 aliphatic heterocycles. The highest BCUT2D eigenvalue weighted by molar-refractivity contribution is 5.83. The van der Waals surface area contributed by atoms with Crippen molar-refractivity contribution in [1.82, 2.24) is 20.0 Å². The number of carbonyl (C=O) groups excluding carboxylic acids is 1. The maximum Gasteiger partial charge on any atom is 0.224 e. The predicted octanol–water partition coefficient (Wildman–Crippen LogP) is 2.56. The van der Waals surface area contributed by atoms with Crippen molar-refractivity contribution in [1.29, 1.82) is 0 Å². The van der Waals surface area contributed by atoms with Gasteiger partial charge < -0.3 is 10.1 Å². The lowest BCUT2D eigenvalue weighted by atomic mass is 9.94. The van der Waals surface area contributed by atoms with Gasteiger partial charge in [-0.25, -0.2) is 0 Å². The Balaban J connectivity index is 1.38. The minimum absolute atomic E-state index is 0.0844. The fourth-order valence-corrected chi connectivity index (χ4v) is 4.49. The lowest BCUT2D eigenvalue weighted by molar-refractivity contribution is -0.127. The maximum absolute atomic E-state index is 12.8. The van der Waals surface area contributed by atoms with Crippen molar-refractivity contribution >= 4 is 16.8 Å². The molecule has 0 aliphatic carbocycles. The number of carbonyl (C=O) groups is 1. The number of fused-ring (bicyclic) bond motifs is 1. The molecule has 1 atom stereocenters. The number of benzene rings is 1. The van der Waals surface area contributed by atoms with E-state index in [1.807, 2.05) is 16.8 Å². The van der Waals surface area contributed by atoms with Gasteiger partial charge in [0, 0.05) is 37.7 Å². The monoisotopic (exact) mass is 370 g/mol. The number of aromatic nitrogens is 2. The van der Waals surface area contributed by atoms with Gasteiger partial charge in [-0.2, -0.15) is 5.10 Å². The Morgan fingerprint density at radius 3 is 2.89 bits per heavy atom. The van der Waals surface area contributed by atoms with Crippen molar-refractivity contribution in [3.05, 3.63) is 30.0 Å². The van der Waals surface area contributed by atoms with E-state index >= 15 is 0 Å². The Morgan fingerprint density at radius 2 is 2.07 bits per heavy atom. The molecule has 2 aromatic rings. The third kappa shape index (κ3) is 4.01. The molecule has 6 nitrogen and oxygen atoms in total. The van der Waals surface area contributed by atoms with Crippen LogP contribution in [-0.2, 0) is 22.6 Å². The molecular weight excluding hydrogens is 340 g/mol. The predicted molar refractivity (Wildman–Crippen MR) is 105 cm³/mol. The lowest BCUT2D eigenvalue weighted by Gasteiger charge is -2.39. The van der Waals surface area contributed by atoms with Crippen molar-refractivity contribution in [3.63, 3.8) is 0 Å². The van der Waals surface area contributed by atoms with Crippen LogP contribution < -0.4 is 5.32 Å². The van der Waals surface area contributed by atoms with Crippen molar-refractivity contribution in [3.8, 4) is 0 Å². The largest absolute Gasteiger partial charge is 0.381 e. The van der Waals surface area contributed by atoms with Gasteiger partial charge in [0.25, 0.3) is 0 Å². The van der Waals surface area contributed by atoms with E-state index in [1.54, 1.807) is 0 Å². The third-order valence-corrected chi connectivity index (χ3v) is 5.99. The van der Waals surface area contributed by atoms with Gasteiger partial charge in [-0.1, -0.05) is 18.2 Å². The van der Waals surface area contributed by atoms with Crippen molar-refractivity contribution in [2.45, 2.75) is 51.7 Å². The fourth-order valence-electron chi connectivity index (χ4n) is 4.49. The molecule has 146 valence electrons. The molecule has 1 N–H and O–H groups in total. The van der Waals surface area contributed by atoms with Crippen LogP contribution in [0.4, 0.5) is 0 Å². The third-order valence-electron chi connectivity index (χ3n) is 5.99. The van der Waals surface area contributed by atoms with Gasteiger partial charge in [0.2, 0.25) is 5.91 Å². The van der Waals surface area contributed by atoms with Gasteiger partial charge in [0.15, 0.2) is 0 Å². The smallest absolute Gasteiger partial charge is 0.224 e. The number of nitrogens with one attached hydrogen (secondary N) is 1. The number of nitrogens with zero attached hydrogens (tertiary/aromatic N) is 3. The Hall–Kier alpha value is -1.92. The first-order valence-corrected chi connectivity index (χ1v) is 10.3. The number of piperidine rings is 1. The molecule has 2 fully saturated rings. The number of amides is 1. The number of aryl methyl sites for hydroxylation is 1. The van der Waals surface area contributed by atoms with Crippen LogP contribution in [0.15, 0.2) is 24.3 Å². The summed E-state index contributed by atoms with van der Waals surface area (Å²) in [5.74, 6) is 0.253.